The van der Waals surface area contributed by atoms with Gasteiger partial charge in [-0.3, -0.25) is 4.79 Å². The predicted octanol–water partition coefficient (Wildman–Crippen LogP) is -0.464. The van der Waals surface area contributed by atoms with Gasteiger partial charge in [0.2, 0.25) is 0 Å². The third-order valence-corrected chi connectivity index (χ3v) is 1.91. The van der Waals surface area contributed by atoms with Crippen LogP contribution in [0, 0.1) is 10.1 Å². The zero-order valence-electron chi connectivity index (χ0n) is 8.15. The quantitative estimate of drug-likeness (QED) is 0.527. The van der Waals surface area contributed by atoms with E-state index in [9.17, 15) is 19.7 Å². The number of rotatable bonds is 4. The molecule has 9 nitrogen and oxygen atoms in total. The molecule has 0 fully saturated rings. The van der Waals surface area contributed by atoms with Gasteiger partial charge in [-0.25, -0.2) is 4.79 Å². The third-order valence-electron chi connectivity index (χ3n) is 1.91. The van der Waals surface area contributed by atoms with Gasteiger partial charge in [-0.15, -0.1) is 0 Å². The van der Waals surface area contributed by atoms with Gasteiger partial charge in [0.15, 0.2) is 11.6 Å². The Morgan fingerprint density at radius 2 is 2.25 bits per heavy atom. The van der Waals surface area contributed by atoms with Crippen LogP contribution in [-0.2, 0) is 4.79 Å². The number of hydrogen-bond acceptors (Lipinski definition) is 5. The van der Waals surface area contributed by atoms with Crippen molar-refractivity contribution < 1.29 is 19.6 Å². The van der Waals surface area contributed by atoms with Crippen molar-refractivity contribution in [1.82, 2.24) is 9.78 Å². The highest BCUT2D eigenvalue weighted by molar-refractivity contribution is 5.96. The summed E-state index contributed by atoms with van der Waals surface area (Å²) in [5, 5.41) is 22.6. The van der Waals surface area contributed by atoms with Crippen molar-refractivity contribution >= 4 is 17.7 Å². The second kappa shape index (κ2) is 3.96. The maximum absolute atomic E-state index is 10.8. The monoisotopic (exact) mass is 228 g/mol. The lowest BCUT2D eigenvalue weighted by Crippen LogP contribution is -2.16. The average Bonchev–Trinajstić information content (AvgIpc) is 2.60. The van der Waals surface area contributed by atoms with E-state index in [1.807, 2.05) is 0 Å². The highest BCUT2D eigenvalue weighted by Crippen LogP contribution is 2.17. The summed E-state index contributed by atoms with van der Waals surface area (Å²) in [5.41, 5.74) is 4.48. The molecule has 1 aromatic rings. The lowest BCUT2D eigenvalue weighted by molar-refractivity contribution is -0.390. The number of nitro groups is 1. The number of carboxylic acids is 1. The molecule has 3 N–H and O–H groups in total. The fourth-order valence-corrected chi connectivity index (χ4v) is 1.00. The highest BCUT2D eigenvalue weighted by atomic mass is 16.6. The van der Waals surface area contributed by atoms with E-state index >= 15 is 0 Å². The van der Waals surface area contributed by atoms with Gasteiger partial charge in [-0.1, -0.05) is 0 Å². The van der Waals surface area contributed by atoms with Crippen LogP contribution in [0.5, 0.6) is 0 Å². The molecule has 1 heterocycles. The summed E-state index contributed by atoms with van der Waals surface area (Å²) in [5.74, 6) is -3.01. The standard InChI is InChI=1S/C7H8N4O5/c1-3(7(13)14)10-2-4(5(8)12)6(9-10)11(15)16/h2-3H,1H3,(H2,8,12)(H,13,14)/t3-/m0/s1. The smallest absolute Gasteiger partial charge is 0.402 e. The van der Waals surface area contributed by atoms with Crippen molar-refractivity contribution in [2.45, 2.75) is 13.0 Å². The normalized spacial score (nSPS) is 12.1. The first-order valence-corrected chi connectivity index (χ1v) is 4.10. The zero-order valence-corrected chi connectivity index (χ0v) is 8.15. The number of aromatic nitrogens is 2. The number of primary amides is 1. The topological polar surface area (TPSA) is 141 Å². The molecule has 0 saturated carbocycles. The van der Waals surface area contributed by atoms with Crippen LogP contribution < -0.4 is 5.73 Å². The number of carbonyl (C=O) groups excluding carboxylic acids is 1. The van der Waals surface area contributed by atoms with Crippen molar-refractivity contribution in [2.75, 3.05) is 0 Å². The summed E-state index contributed by atoms with van der Waals surface area (Å²) < 4.78 is 0.806. The van der Waals surface area contributed by atoms with E-state index in [-0.39, 0.29) is 0 Å². The molecule has 0 aliphatic heterocycles. The van der Waals surface area contributed by atoms with Crippen molar-refractivity contribution in [1.29, 1.82) is 0 Å². The molecule has 1 amide bonds. The first-order chi connectivity index (χ1) is 7.34. The average molecular weight is 228 g/mol. The van der Waals surface area contributed by atoms with Gasteiger partial charge in [0.05, 0.1) is 11.3 Å². The first-order valence-electron chi connectivity index (χ1n) is 4.10. The Hall–Kier alpha value is -2.45. The van der Waals surface area contributed by atoms with Gasteiger partial charge < -0.3 is 21.0 Å². The number of hydrogen-bond donors (Lipinski definition) is 2. The number of nitrogens with zero attached hydrogens (tertiary/aromatic N) is 3. The van der Waals surface area contributed by atoms with Gasteiger partial charge >= 0.3 is 11.8 Å². The summed E-state index contributed by atoms with van der Waals surface area (Å²) >= 11 is 0. The molecule has 9 heteroatoms. The number of amides is 1. The molecular weight excluding hydrogens is 220 g/mol. The molecule has 0 saturated heterocycles. The SMILES string of the molecule is C[C@@H](C(=O)O)n1cc(C(N)=O)c([N+](=O)[O-])n1. The van der Waals surface area contributed by atoms with E-state index in [0.717, 1.165) is 10.9 Å². The minimum atomic E-state index is -1.23. The summed E-state index contributed by atoms with van der Waals surface area (Å²) in [7, 11) is 0. The van der Waals surface area contributed by atoms with Crippen molar-refractivity contribution in [3.8, 4) is 0 Å². The van der Waals surface area contributed by atoms with Gasteiger partial charge in [-0.05, 0) is 11.8 Å². The molecule has 86 valence electrons. The molecule has 1 atom stereocenters. The van der Waals surface area contributed by atoms with Crippen LogP contribution in [0.2, 0.25) is 0 Å². The van der Waals surface area contributed by atoms with Crippen molar-refractivity contribution in [3.05, 3.63) is 21.9 Å². The molecule has 16 heavy (non-hydrogen) atoms. The van der Waals surface area contributed by atoms with E-state index in [4.69, 9.17) is 10.8 Å². The van der Waals surface area contributed by atoms with Crippen LogP contribution in [0.15, 0.2) is 6.20 Å². The Morgan fingerprint density at radius 3 is 2.56 bits per heavy atom. The fraction of sp³-hybridized carbons (Fsp3) is 0.286. The summed E-state index contributed by atoms with van der Waals surface area (Å²) in [6, 6.07) is -1.12. The molecule has 0 aliphatic rings. The van der Waals surface area contributed by atoms with E-state index in [0.29, 0.717) is 0 Å². The lowest BCUT2D eigenvalue weighted by atomic mass is 10.3. The first kappa shape index (κ1) is 11.6. The number of carboxylic acid groups (broad SMARTS) is 1. The van der Waals surface area contributed by atoms with E-state index in [1.165, 1.54) is 6.92 Å². The van der Waals surface area contributed by atoms with Crippen molar-refractivity contribution in [3.63, 3.8) is 0 Å². The Labute approximate surface area is 88.6 Å². The minimum absolute atomic E-state index is 0.418. The van der Waals surface area contributed by atoms with E-state index < -0.39 is 34.2 Å². The summed E-state index contributed by atoms with van der Waals surface area (Å²) in [6.45, 7) is 1.27. The van der Waals surface area contributed by atoms with Crippen LogP contribution >= 0.6 is 0 Å². The van der Waals surface area contributed by atoms with Crippen LogP contribution in [0.3, 0.4) is 0 Å². The van der Waals surface area contributed by atoms with Gasteiger partial charge in [-0.2, -0.15) is 4.68 Å². The Bertz CT molecular complexity index is 434. The van der Waals surface area contributed by atoms with Crippen LogP contribution in [0.1, 0.15) is 23.3 Å². The minimum Gasteiger partial charge on any atom is -0.480 e. The van der Waals surface area contributed by atoms with Crippen LogP contribution in [0.25, 0.3) is 0 Å². The molecule has 0 spiro atoms. The van der Waals surface area contributed by atoms with Crippen molar-refractivity contribution in [2.24, 2.45) is 5.73 Å². The molecule has 1 aromatic heterocycles. The molecular formula is C7H8N4O5. The van der Waals surface area contributed by atoms with Gasteiger partial charge in [0, 0.05) is 0 Å². The zero-order chi connectivity index (χ0) is 12.5. The second-order valence-electron chi connectivity index (χ2n) is 2.98. The van der Waals surface area contributed by atoms with Crippen LogP contribution in [-0.4, -0.2) is 31.7 Å². The molecule has 0 unspecified atom stereocenters. The fourth-order valence-electron chi connectivity index (χ4n) is 1.00. The molecule has 0 radical (unpaired) electrons. The summed E-state index contributed by atoms with van der Waals surface area (Å²) in [4.78, 5) is 31.1. The maximum atomic E-state index is 10.8. The van der Waals surface area contributed by atoms with Gasteiger partial charge in [0.25, 0.3) is 5.91 Å². The number of carbonyl (C=O) groups is 2. The molecule has 1 rings (SSSR count). The molecule has 0 aromatic carbocycles. The van der Waals surface area contributed by atoms with Gasteiger partial charge in [0.1, 0.15) is 0 Å². The highest BCUT2D eigenvalue weighted by Gasteiger charge is 2.28. The second-order valence-corrected chi connectivity index (χ2v) is 2.98. The lowest BCUT2D eigenvalue weighted by Gasteiger charge is -1.99. The van der Waals surface area contributed by atoms with E-state index in [2.05, 4.69) is 5.10 Å². The molecule has 0 bridgehead atoms. The Balaban J connectivity index is 3.26. The number of aliphatic carboxylic acids is 1. The largest absolute Gasteiger partial charge is 0.480 e. The van der Waals surface area contributed by atoms with Crippen LogP contribution in [0.4, 0.5) is 5.82 Å². The Kier molecular flexibility index (Phi) is 2.88. The maximum Gasteiger partial charge on any atom is 0.402 e. The third kappa shape index (κ3) is 1.97. The molecule has 0 aliphatic carbocycles. The Morgan fingerprint density at radius 1 is 1.69 bits per heavy atom. The number of nitrogens with two attached hydrogens (primary N) is 1. The predicted molar refractivity (Wildman–Crippen MR) is 49.7 cm³/mol. The van der Waals surface area contributed by atoms with E-state index in [1.54, 1.807) is 0 Å². The summed E-state index contributed by atoms with van der Waals surface area (Å²) in [6.07, 6.45) is 0.944.